The van der Waals surface area contributed by atoms with Crippen LogP contribution in [0.5, 0.6) is 5.75 Å². The van der Waals surface area contributed by atoms with E-state index < -0.39 is 0 Å². The average molecular weight is 283 g/mol. The van der Waals surface area contributed by atoms with Gasteiger partial charge in [-0.3, -0.25) is 0 Å². The highest BCUT2D eigenvalue weighted by Crippen LogP contribution is 2.37. The number of phenols is 1. The van der Waals surface area contributed by atoms with E-state index in [-0.39, 0.29) is 0 Å². The zero-order valence-corrected chi connectivity index (χ0v) is 12.2. The van der Waals surface area contributed by atoms with Crippen LogP contribution in [0.2, 0.25) is 0 Å². The number of allylic oxidation sites excluding steroid dienone is 3. The van der Waals surface area contributed by atoms with Crippen LogP contribution in [0.25, 0.3) is 0 Å². The number of thiocarbonyl (C=S) groups is 1. The molecular weight excluding hydrogens is 266 g/mol. The van der Waals surface area contributed by atoms with Crippen LogP contribution in [0, 0.1) is 5.92 Å². The topological polar surface area (TPSA) is 23.5 Å². The van der Waals surface area contributed by atoms with E-state index in [9.17, 15) is 5.11 Å². The van der Waals surface area contributed by atoms with Crippen molar-refractivity contribution in [1.82, 2.24) is 4.90 Å². The highest BCUT2D eigenvalue weighted by atomic mass is 32.1. The minimum atomic E-state index is 0.315. The van der Waals surface area contributed by atoms with Crippen molar-refractivity contribution in [3.05, 3.63) is 65.5 Å². The second kappa shape index (κ2) is 5.25. The van der Waals surface area contributed by atoms with Crippen LogP contribution in [0.15, 0.2) is 60.0 Å². The Hall–Kier alpha value is -1.87. The molecule has 0 saturated heterocycles. The van der Waals surface area contributed by atoms with Crippen molar-refractivity contribution in [2.75, 3.05) is 0 Å². The van der Waals surface area contributed by atoms with E-state index in [4.69, 9.17) is 12.2 Å². The first-order valence-corrected chi connectivity index (χ1v) is 7.30. The molecule has 0 radical (unpaired) electrons. The molecule has 2 aliphatic heterocycles. The summed E-state index contributed by atoms with van der Waals surface area (Å²) < 4.78 is 0. The number of phenolic OH excluding ortho intramolecular Hbond substituents is 1. The van der Waals surface area contributed by atoms with Crippen molar-refractivity contribution >= 4 is 17.2 Å². The molecule has 3 rings (SSSR count). The summed E-state index contributed by atoms with van der Waals surface area (Å²) in [6.45, 7) is 2.17. The molecule has 2 heterocycles. The van der Waals surface area contributed by atoms with Gasteiger partial charge in [0.25, 0.3) is 0 Å². The molecule has 1 aromatic carbocycles. The lowest BCUT2D eigenvalue weighted by atomic mass is 9.92. The van der Waals surface area contributed by atoms with E-state index in [0.717, 1.165) is 23.4 Å². The van der Waals surface area contributed by atoms with Crippen molar-refractivity contribution in [3.8, 4) is 5.75 Å². The molecule has 0 fully saturated rings. The summed E-state index contributed by atoms with van der Waals surface area (Å²) in [6.07, 6.45) is 10.1. The summed E-state index contributed by atoms with van der Waals surface area (Å²) in [7, 11) is 0. The van der Waals surface area contributed by atoms with Gasteiger partial charge in [0.05, 0.1) is 4.99 Å². The second-order valence-corrected chi connectivity index (χ2v) is 5.55. The summed E-state index contributed by atoms with van der Waals surface area (Å²) in [4.78, 5) is 3.10. The largest absolute Gasteiger partial charge is 0.508 e. The lowest BCUT2D eigenvalue weighted by molar-refractivity contribution is 0.474. The van der Waals surface area contributed by atoms with Gasteiger partial charge < -0.3 is 10.0 Å². The number of aromatic hydroxyl groups is 1. The van der Waals surface area contributed by atoms with Crippen LogP contribution in [-0.4, -0.2) is 15.0 Å². The van der Waals surface area contributed by atoms with Gasteiger partial charge in [0.1, 0.15) is 5.75 Å². The maximum absolute atomic E-state index is 9.62. The summed E-state index contributed by atoms with van der Waals surface area (Å²) in [6, 6.07) is 7.47. The molecule has 102 valence electrons. The number of fused-ring (bicyclic) bond motifs is 1. The number of hydrogen-bond acceptors (Lipinski definition) is 2. The van der Waals surface area contributed by atoms with Gasteiger partial charge in [0.2, 0.25) is 0 Å². The first kappa shape index (κ1) is 13.1. The van der Waals surface area contributed by atoms with Crippen LogP contribution in [0.3, 0.4) is 0 Å². The van der Waals surface area contributed by atoms with E-state index in [1.54, 1.807) is 6.07 Å². The molecule has 2 nitrogen and oxygen atoms in total. The molecule has 2 aliphatic rings. The molecule has 0 aliphatic carbocycles. The van der Waals surface area contributed by atoms with Crippen molar-refractivity contribution < 1.29 is 5.11 Å². The third-order valence-electron chi connectivity index (χ3n) is 3.86. The number of nitrogens with zero attached hydrogens (tertiary/aromatic N) is 1. The standard InChI is InChI=1S/C17H17NOS/c1-2-14-15(11-12-6-5-7-13(19)10-12)16-8-3-4-9-18(16)17(14)20/h3-10,14,19H,2,11H2,1H3. The quantitative estimate of drug-likeness (QED) is 0.850. The van der Waals surface area contributed by atoms with Crippen LogP contribution < -0.4 is 0 Å². The maximum atomic E-state index is 9.62. The second-order valence-electron chi connectivity index (χ2n) is 5.13. The highest BCUT2D eigenvalue weighted by molar-refractivity contribution is 7.80. The van der Waals surface area contributed by atoms with Gasteiger partial charge in [-0.25, -0.2) is 0 Å². The summed E-state index contributed by atoms with van der Waals surface area (Å²) in [5.41, 5.74) is 3.68. The van der Waals surface area contributed by atoms with Gasteiger partial charge in [0.15, 0.2) is 0 Å². The van der Waals surface area contributed by atoms with Gasteiger partial charge >= 0.3 is 0 Å². The molecule has 20 heavy (non-hydrogen) atoms. The normalized spacial score (nSPS) is 20.8. The Morgan fingerprint density at radius 1 is 1.30 bits per heavy atom. The number of hydrogen-bond donors (Lipinski definition) is 1. The van der Waals surface area contributed by atoms with Crippen molar-refractivity contribution in [3.63, 3.8) is 0 Å². The predicted octanol–water partition coefficient (Wildman–Crippen LogP) is 3.94. The van der Waals surface area contributed by atoms with E-state index >= 15 is 0 Å². The van der Waals surface area contributed by atoms with Crippen molar-refractivity contribution in [2.45, 2.75) is 19.8 Å². The van der Waals surface area contributed by atoms with Gasteiger partial charge in [-0.2, -0.15) is 0 Å². The van der Waals surface area contributed by atoms with E-state index in [0.29, 0.717) is 11.7 Å². The van der Waals surface area contributed by atoms with E-state index in [1.807, 2.05) is 30.5 Å². The maximum Gasteiger partial charge on any atom is 0.115 e. The lowest BCUT2D eigenvalue weighted by Gasteiger charge is -2.18. The van der Waals surface area contributed by atoms with Crippen LogP contribution in [-0.2, 0) is 6.42 Å². The molecule has 1 aromatic rings. The van der Waals surface area contributed by atoms with Crippen molar-refractivity contribution in [1.29, 1.82) is 0 Å². The van der Waals surface area contributed by atoms with Crippen molar-refractivity contribution in [2.24, 2.45) is 5.92 Å². The van der Waals surface area contributed by atoms with Gasteiger partial charge in [-0.05, 0) is 48.3 Å². The third-order valence-corrected chi connectivity index (χ3v) is 4.34. The molecule has 1 unspecified atom stereocenters. The molecule has 1 atom stereocenters. The molecule has 0 spiro atoms. The fraction of sp³-hybridized carbons (Fsp3) is 0.235. The molecule has 0 amide bonds. The fourth-order valence-electron chi connectivity index (χ4n) is 2.91. The Kier molecular flexibility index (Phi) is 3.45. The molecule has 0 bridgehead atoms. The fourth-order valence-corrected chi connectivity index (χ4v) is 3.38. The molecule has 1 N–H and O–H groups in total. The molecule has 0 aromatic heterocycles. The Bertz CT molecular complexity index is 642. The number of benzene rings is 1. The van der Waals surface area contributed by atoms with E-state index in [2.05, 4.69) is 24.0 Å². The third kappa shape index (κ3) is 2.18. The zero-order valence-electron chi connectivity index (χ0n) is 11.4. The Morgan fingerprint density at radius 3 is 2.90 bits per heavy atom. The lowest BCUT2D eigenvalue weighted by Crippen LogP contribution is -2.22. The summed E-state index contributed by atoms with van der Waals surface area (Å²) in [5.74, 6) is 0.632. The van der Waals surface area contributed by atoms with Gasteiger partial charge in [0, 0.05) is 17.8 Å². The van der Waals surface area contributed by atoms with Gasteiger partial charge in [-0.1, -0.05) is 37.4 Å². The average Bonchev–Trinajstić information content (AvgIpc) is 2.72. The first-order valence-electron chi connectivity index (χ1n) is 6.89. The summed E-state index contributed by atoms with van der Waals surface area (Å²) >= 11 is 5.61. The van der Waals surface area contributed by atoms with Crippen LogP contribution in [0.4, 0.5) is 0 Å². The summed E-state index contributed by atoms with van der Waals surface area (Å²) in [5, 5.41) is 9.62. The smallest absolute Gasteiger partial charge is 0.115 e. The van der Waals surface area contributed by atoms with E-state index in [1.165, 1.54) is 11.3 Å². The number of rotatable bonds is 3. The Balaban J connectivity index is 1.99. The van der Waals surface area contributed by atoms with Crippen LogP contribution >= 0.6 is 12.2 Å². The molecule has 3 heteroatoms. The Morgan fingerprint density at radius 2 is 2.15 bits per heavy atom. The highest BCUT2D eigenvalue weighted by Gasteiger charge is 2.33. The monoisotopic (exact) mass is 283 g/mol. The van der Waals surface area contributed by atoms with Crippen LogP contribution in [0.1, 0.15) is 18.9 Å². The Labute approximate surface area is 124 Å². The minimum absolute atomic E-state index is 0.315. The molecular formula is C17H17NOS. The minimum Gasteiger partial charge on any atom is -0.508 e. The zero-order chi connectivity index (χ0) is 14.1. The molecule has 0 saturated carbocycles. The van der Waals surface area contributed by atoms with Gasteiger partial charge in [-0.15, -0.1) is 0 Å². The predicted molar refractivity (Wildman–Crippen MR) is 85.3 cm³/mol. The first-order chi connectivity index (χ1) is 9.70. The SMILES string of the molecule is CCC1C(=S)N2C=CC=CC2=C1Cc1cccc(O)c1.